The van der Waals surface area contributed by atoms with Gasteiger partial charge in [0.2, 0.25) is 15.9 Å². The van der Waals surface area contributed by atoms with Crippen LogP contribution in [0, 0.1) is 12.7 Å². The van der Waals surface area contributed by atoms with Crippen LogP contribution in [0.25, 0.3) is 11.3 Å². The lowest BCUT2D eigenvalue weighted by Crippen LogP contribution is -2.36. The summed E-state index contributed by atoms with van der Waals surface area (Å²) in [6, 6.07) is 3.48. The van der Waals surface area contributed by atoms with Crippen molar-refractivity contribution in [1.82, 2.24) is 15.0 Å². The van der Waals surface area contributed by atoms with Crippen molar-refractivity contribution in [2.75, 3.05) is 10.0 Å². The average molecular weight is 544 g/mol. The molecule has 1 amide bonds. The number of rotatable bonds is 7. The molecule has 1 aliphatic carbocycles. The Balaban J connectivity index is 1.53. The zero-order valence-electron chi connectivity index (χ0n) is 19.3. The van der Waals surface area contributed by atoms with Crippen molar-refractivity contribution in [3.8, 4) is 11.3 Å². The quantitative estimate of drug-likeness (QED) is 0.411. The van der Waals surface area contributed by atoms with Crippen molar-refractivity contribution >= 4 is 38.1 Å². The molecule has 0 saturated heterocycles. The molecule has 1 aliphatic rings. The highest BCUT2D eigenvalue weighted by Crippen LogP contribution is 2.36. The number of carbonyl (C=O) groups excluding carboxylic acids is 1. The van der Waals surface area contributed by atoms with E-state index in [2.05, 4.69) is 25.0 Å². The molecule has 4 rings (SSSR count). The zero-order chi connectivity index (χ0) is 26.5. The second-order valence-corrected chi connectivity index (χ2v) is 12.0. The molecule has 14 heteroatoms. The summed E-state index contributed by atoms with van der Waals surface area (Å²) in [6.45, 7) is 4.82. The Bertz CT molecular complexity index is 1430. The van der Waals surface area contributed by atoms with E-state index < -0.39 is 44.3 Å². The molecule has 0 bridgehead atoms. The molecule has 0 spiro atoms. The van der Waals surface area contributed by atoms with E-state index in [-0.39, 0.29) is 22.1 Å². The van der Waals surface area contributed by atoms with E-state index in [0.29, 0.717) is 29.6 Å². The number of hydrogen-bond donors (Lipinski definition) is 2. The third-order valence-electron chi connectivity index (χ3n) is 5.59. The molecule has 2 aromatic heterocycles. The van der Waals surface area contributed by atoms with Crippen LogP contribution in [0.15, 0.2) is 30.6 Å². The smallest absolute Gasteiger partial charge is 0.323 e. The summed E-state index contributed by atoms with van der Waals surface area (Å²) in [5, 5.41) is 2.18. The Kier molecular flexibility index (Phi) is 6.54. The summed E-state index contributed by atoms with van der Waals surface area (Å²) in [6.07, 6.45) is -1.88. The second kappa shape index (κ2) is 9.07. The Hall–Kier alpha value is -3.13. The van der Waals surface area contributed by atoms with Crippen molar-refractivity contribution in [1.29, 1.82) is 0 Å². The number of alkyl halides is 3. The van der Waals surface area contributed by atoms with Crippen molar-refractivity contribution in [2.24, 2.45) is 0 Å². The van der Waals surface area contributed by atoms with E-state index in [1.807, 2.05) is 0 Å². The highest BCUT2D eigenvalue weighted by atomic mass is 32.2. The van der Waals surface area contributed by atoms with E-state index in [1.54, 1.807) is 20.8 Å². The van der Waals surface area contributed by atoms with Crippen molar-refractivity contribution in [2.45, 2.75) is 50.5 Å². The molecule has 1 saturated carbocycles. The highest BCUT2D eigenvalue weighted by Gasteiger charge is 2.38. The van der Waals surface area contributed by atoms with E-state index in [4.69, 9.17) is 0 Å². The van der Waals surface area contributed by atoms with Crippen molar-refractivity contribution < 1.29 is 30.8 Å². The third kappa shape index (κ3) is 5.33. The molecule has 1 aromatic carbocycles. The summed E-state index contributed by atoms with van der Waals surface area (Å²) >= 11 is 1.09. The molecule has 2 heterocycles. The van der Waals surface area contributed by atoms with Gasteiger partial charge < -0.3 is 5.32 Å². The van der Waals surface area contributed by atoms with E-state index in [1.165, 1.54) is 12.1 Å². The standard InChI is InChI=1S/C22H21F4N5O3S2/c1-11-18(30-20(35-11)31-36(33,34)13-5-6-13)21(2,3)19(32)29-15-7-4-12(8-14(15)23)16-9-27-10-17(28-16)22(24,25)26/h4,7-10,13H,5-6H2,1-3H3,(H,29,32)(H,30,31). The fourth-order valence-corrected chi connectivity index (χ4v) is 5.96. The summed E-state index contributed by atoms with van der Waals surface area (Å²) in [7, 11) is -3.53. The number of benzene rings is 1. The van der Waals surface area contributed by atoms with Crippen LogP contribution in [-0.4, -0.2) is 34.5 Å². The molecule has 0 aliphatic heterocycles. The lowest BCUT2D eigenvalue weighted by Gasteiger charge is -2.23. The van der Waals surface area contributed by atoms with Gasteiger partial charge >= 0.3 is 6.18 Å². The fourth-order valence-electron chi connectivity index (χ4n) is 3.41. The van der Waals surface area contributed by atoms with Crippen LogP contribution in [0.5, 0.6) is 0 Å². The number of carbonyl (C=O) groups is 1. The zero-order valence-corrected chi connectivity index (χ0v) is 20.9. The first kappa shape index (κ1) is 25.9. The van der Waals surface area contributed by atoms with Crippen molar-refractivity contribution in [3.05, 3.63) is 52.7 Å². The molecule has 0 radical (unpaired) electrons. The number of amides is 1. The lowest BCUT2D eigenvalue weighted by atomic mass is 9.87. The third-order valence-corrected chi connectivity index (χ3v) is 8.43. The van der Waals surface area contributed by atoms with Gasteiger partial charge in [0.05, 0.1) is 40.1 Å². The Morgan fingerprint density at radius 1 is 1.14 bits per heavy atom. The van der Waals surface area contributed by atoms with Gasteiger partial charge in [-0.25, -0.2) is 22.8 Å². The van der Waals surface area contributed by atoms with E-state index in [9.17, 15) is 30.8 Å². The van der Waals surface area contributed by atoms with Gasteiger partial charge in [-0.1, -0.05) is 6.07 Å². The molecule has 8 nitrogen and oxygen atoms in total. The Labute approximate surface area is 208 Å². The van der Waals surface area contributed by atoms with Gasteiger partial charge in [-0.2, -0.15) is 13.2 Å². The summed E-state index contributed by atoms with van der Waals surface area (Å²) in [5.74, 6) is -1.50. The molecule has 36 heavy (non-hydrogen) atoms. The van der Waals surface area contributed by atoms with Gasteiger partial charge in [0.1, 0.15) is 5.82 Å². The van der Waals surface area contributed by atoms with Gasteiger partial charge in [0.25, 0.3) is 0 Å². The molecule has 0 atom stereocenters. The van der Waals surface area contributed by atoms with E-state index >= 15 is 0 Å². The lowest BCUT2D eigenvalue weighted by molar-refractivity contribution is -0.141. The van der Waals surface area contributed by atoms with Crippen LogP contribution in [0.1, 0.15) is 43.0 Å². The number of thiazole rings is 1. The number of anilines is 2. The summed E-state index contributed by atoms with van der Waals surface area (Å²) in [5.41, 5.74) is -2.47. The topological polar surface area (TPSA) is 114 Å². The second-order valence-electron chi connectivity index (χ2n) is 8.83. The van der Waals surface area contributed by atoms with Crippen LogP contribution in [-0.2, 0) is 26.4 Å². The summed E-state index contributed by atoms with van der Waals surface area (Å²) in [4.78, 5) is 25.0. The molecule has 3 aromatic rings. The minimum absolute atomic E-state index is 0.0475. The number of nitrogens with one attached hydrogen (secondary N) is 2. The largest absolute Gasteiger partial charge is 0.434 e. The number of hydrogen-bond acceptors (Lipinski definition) is 7. The SMILES string of the molecule is Cc1sc(NS(=O)(=O)C2CC2)nc1C(C)(C)C(=O)Nc1ccc(-c2cncc(C(F)(F)F)n2)cc1F. The van der Waals surface area contributed by atoms with Crippen LogP contribution >= 0.6 is 11.3 Å². The Morgan fingerprint density at radius 3 is 2.44 bits per heavy atom. The van der Waals surface area contributed by atoms with Gasteiger partial charge in [-0.3, -0.25) is 14.5 Å². The predicted molar refractivity (Wildman–Crippen MR) is 126 cm³/mol. The van der Waals surface area contributed by atoms with Crippen molar-refractivity contribution in [3.63, 3.8) is 0 Å². The minimum atomic E-state index is -4.70. The minimum Gasteiger partial charge on any atom is -0.323 e. The van der Waals surface area contributed by atoms with Crippen LogP contribution in [0.2, 0.25) is 0 Å². The molecule has 2 N–H and O–H groups in total. The average Bonchev–Trinajstić information content (AvgIpc) is 3.58. The first-order valence-corrected chi connectivity index (χ1v) is 13.0. The maximum atomic E-state index is 14.8. The van der Waals surface area contributed by atoms with Crippen LogP contribution in [0.4, 0.5) is 28.4 Å². The highest BCUT2D eigenvalue weighted by molar-refractivity contribution is 7.93. The monoisotopic (exact) mass is 543 g/mol. The number of aryl methyl sites for hydroxylation is 1. The van der Waals surface area contributed by atoms with Gasteiger partial charge in [-0.15, -0.1) is 11.3 Å². The normalized spacial score (nSPS) is 14.5. The number of halogens is 4. The van der Waals surface area contributed by atoms with Crippen LogP contribution in [0.3, 0.4) is 0 Å². The number of nitrogens with zero attached hydrogens (tertiary/aromatic N) is 3. The van der Waals surface area contributed by atoms with E-state index in [0.717, 1.165) is 23.6 Å². The maximum absolute atomic E-state index is 14.8. The predicted octanol–water partition coefficient (Wildman–Crippen LogP) is 4.89. The first-order chi connectivity index (χ1) is 16.7. The fraction of sp³-hybridized carbons (Fsp3) is 0.364. The van der Waals surface area contributed by atoms with Gasteiger partial charge in [-0.05, 0) is 45.7 Å². The molecule has 192 valence electrons. The molecule has 0 unspecified atom stereocenters. The molecule has 1 fully saturated rings. The molecular formula is C22H21F4N5O3S2. The first-order valence-electron chi connectivity index (χ1n) is 10.7. The van der Waals surface area contributed by atoms with Crippen LogP contribution < -0.4 is 10.0 Å². The Morgan fingerprint density at radius 2 is 1.83 bits per heavy atom. The summed E-state index contributed by atoms with van der Waals surface area (Å²) < 4.78 is 80.4. The van der Waals surface area contributed by atoms with Gasteiger partial charge in [0, 0.05) is 10.4 Å². The number of sulfonamides is 1. The maximum Gasteiger partial charge on any atom is 0.434 e. The number of aromatic nitrogens is 3. The molecular weight excluding hydrogens is 522 g/mol. The van der Waals surface area contributed by atoms with Gasteiger partial charge in [0.15, 0.2) is 10.8 Å².